The highest BCUT2D eigenvalue weighted by Gasteiger charge is 2.75. The zero-order chi connectivity index (χ0) is 15.1. The van der Waals surface area contributed by atoms with Gasteiger partial charge in [-0.1, -0.05) is 18.2 Å². The Hall–Kier alpha value is -1.29. The monoisotopic (exact) mass is 307 g/mol. The summed E-state index contributed by atoms with van der Waals surface area (Å²) in [4.78, 5) is -1.08. The second kappa shape index (κ2) is 4.37. The van der Waals surface area contributed by atoms with Gasteiger partial charge in [0.2, 0.25) is 9.84 Å². The smallest absolute Gasteiger partial charge is 0.280 e. The van der Waals surface area contributed by atoms with Crippen molar-refractivity contribution in [3.63, 3.8) is 0 Å². The van der Waals surface area contributed by atoms with E-state index in [0.717, 1.165) is 12.1 Å². The van der Waals surface area contributed by atoms with E-state index in [-0.39, 0.29) is 0 Å². The van der Waals surface area contributed by atoms with Crippen molar-refractivity contribution in [3.05, 3.63) is 30.3 Å². The van der Waals surface area contributed by atoms with Crippen LogP contribution in [0.3, 0.4) is 0 Å². The fourth-order valence-corrected chi connectivity index (χ4v) is 2.44. The van der Waals surface area contributed by atoms with Crippen LogP contribution in [0.2, 0.25) is 0 Å². The van der Waals surface area contributed by atoms with Gasteiger partial charge in [0, 0.05) is 0 Å². The third-order valence-electron chi connectivity index (χ3n) is 2.23. The van der Waals surface area contributed by atoms with Crippen LogP contribution in [0.1, 0.15) is 0 Å². The molecule has 0 amide bonds. The van der Waals surface area contributed by atoms with Gasteiger partial charge in [0.15, 0.2) is 0 Å². The number of hydrogen-bond acceptors (Lipinski definition) is 3. The summed E-state index contributed by atoms with van der Waals surface area (Å²) in [6.07, 6.45) is -6.45. The van der Waals surface area contributed by atoms with E-state index in [1.54, 1.807) is 0 Å². The zero-order valence-corrected chi connectivity index (χ0v) is 9.77. The van der Waals surface area contributed by atoms with Gasteiger partial charge in [-0.2, -0.15) is 22.0 Å². The van der Waals surface area contributed by atoms with Crippen LogP contribution in [-0.2, 0) is 9.84 Å². The molecule has 1 aromatic carbocycles. The zero-order valence-electron chi connectivity index (χ0n) is 8.96. The largest absolute Gasteiger partial charge is 0.459 e. The first kappa shape index (κ1) is 15.8. The number of benzene rings is 1. The molecule has 1 aromatic rings. The van der Waals surface area contributed by atoms with Gasteiger partial charge in [-0.05, 0) is 12.1 Å². The fraction of sp³-hybridized carbons (Fsp3) is 0.333. The molecule has 0 aliphatic heterocycles. The van der Waals surface area contributed by atoms with E-state index < -0.39 is 32.0 Å². The van der Waals surface area contributed by atoms with Crippen LogP contribution in [-0.4, -0.2) is 25.6 Å². The molecule has 10 heteroatoms. The van der Waals surface area contributed by atoms with E-state index in [1.165, 1.54) is 6.07 Å². The van der Waals surface area contributed by atoms with Gasteiger partial charge >= 0.3 is 17.2 Å². The molecule has 1 atom stereocenters. The molecule has 0 aromatic heterocycles. The lowest BCUT2D eigenvalue weighted by Crippen LogP contribution is -2.64. The quantitative estimate of drug-likeness (QED) is 0.688. The number of alkyl halides is 6. The highest BCUT2D eigenvalue weighted by molar-refractivity contribution is 7.92. The fourth-order valence-electron chi connectivity index (χ4n) is 1.13. The van der Waals surface area contributed by atoms with Crippen LogP contribution in [0.4, 0.5) is 26.3 Å². The molecule has 108 valence electrons. The van der Waals surface area contributed by atoms with Gasteiger partial charge in [0.1, 0.15) is 0 Å². The molecule has 2 N–H and O–H groups in total. The summed E-state index contributed by atoms with van der Waals surface area (Å²) in [5.74, 6) is -6.26. The van der Waals surface area contributed by atoms with Crippen LogP contribution in [0, 0.1) is 0 Å². The second-order valence-electron chi connectivity index (χ2n) is 3.53. The highest BCUT2D eigenvalue weighted by atomic mass is 32.2. The van der Waals surface area contributed by atoms with Gasteiger partial charge in [-0.3, -0.25) is 5.73 Å². The molecule has 0 aliphatic carbocycles. The average molecular weight is 307 g/mol. The van der Waals surface area contributed by atoms with E-state index in [0.29, 0.717) is 12.1 Å². The van der Waals surface area contributed by atoms with Crippen molar-refractivity contribution in [1.82, 2.24) is 0 Å². The Morgan fingerprint density at radius 1 is 0.895 bits per heavy atom. The van der Waals surface area contributed by atoms with Crippen molar-refractivity contribution >= 4 is 9.84 Å². The lowest BCUT2D eigenvalue weighted by Gasteiger charge is -2.30. The normalized spacial score (nSPS) is 17.0. The summed E-state index contributed by atoms with van der Waals surface area (Å²) < 4.78 is 98.4. The van der Waals surface area contributed by atoms with Gasteiger partial charge in [0.25, 0.3) is 0 Å². The maximum atomic E-state index is 13.5. The Morgan fingerprint density at radius 2 is 1.32 bits per heavy atom. The summed E-state index contributed by atoms with van der Waals surface area (Å²) >= 11 is 0. The van der Waals surface area contributed by atoms with Crippen LogP contribution >= 0.6 is 0 Å². The maximum absolute atomic E-state index is 13.5. The minimum absolute atomic E-state index is 0.656. The number of hydrogen-bond donors (Lipinski definition) is 1. The van der Waals surface area contributed by atoms with E-state index in [1.807, 2.05) is 0 Å². The maximum Gasteiger partial charge on any atom is 0.459 e. The Labute approximate surface area is 103 Å². The third kappa shape index (κ3) is 2.29. The predicted octanol–water partition coefficient (Wildman–Crippen LogP) is 2.24. The lowest BCUT2D eigenvalue weighted by molar-refractivity contribution is -0.310. The van der Waals surface area contributed by atoms with E-state index in [4.69, 9.17) is 0 Å². The minimum Gasteiger partial charge on any atom is -0.280 e. The molecule has 0 fully saturated rings. The third-order valence-corrected chi connectivity index (χ3v) is 4.16. The van der Waals surface area contributed by atoms with E-state index >= 15 is 0 Å². The number of nitrogens with two attached hydrogens (primary N) is 1. The lowest BCUT2D eigenvalue weighted by atomic mass is 10.3. The van der Waals surface area contributed by atoms with Crippen molar-refractivity contribution in [2.45, 2.75) is 22.1 Å². The summed E-state index contributed by atoms with van der Waals surface area (Å²) in [5.41, 5.74) is 4.17. The molecule has 0 saturated carbocycles. The van der Waals surface area contributed by atoms with Gasteiger partial charge < -0.3 is 0 Å². The average Bonchev–Trinajstić information content (AvgIpc) is 2.28. The van der Waals surface area contributed by atoms with Crippen LogP contribution < -0.4 is 5.73 Å². The Balaban J connectivity index is 3.44. The molecule has 1 rings (SSSR count). The Morgan fingerprint density at radius 3 is 1.68 bits per heavy atom. The van der Waals surface area contributed by atoms with Crippen molar-refractivity contribution in [2.75, 3.05) is 0 Å². The van der Waals surface area contributed by atoms with Gasteiger partial charge in [0.05, 0.1) is 4.90 Å². The van der Waals surface area contributed by atoms with E-state index in [2.05, 4.69) is 5.73 Å². The molecule has 0 spiro atoms. The topological polar surface area (TPSA) is 60.2 Å². The molecule has 0 bridgehead atoms. The highest BCUT2D eigenvalue weighted by Crippen LogP contribution is 2.46. The Bertz CT molecular complexity index is 552. The van der Waals surface area contributed by atoms with Crippen molar-refractivity contribution in [3.8, 4) is 0 Å². The minimum atomic E-state index is -6.45. The SMILES string of the molecule is NC(F)(C(F)(F)C(F)(F)F)S(=O)(=O)c1ccccc1. The summed E-state index contributed by atoms with van der Waals surface area (Å²) in [6.45, 7) is 0. The number of halogens is 6. The Kier molecular flexibility index (Phi) is 3.63. The van der Waals surface area contributed by atoms with Crippen molar-refractivity contribution in [2.24, 2.45) is 5.73 Å². The first-order valence-electron chi connectivity index (χ1n) is 4.57. The van der Waals surface area contributed by atoms with Gasteiger partial charge in [-0.25, -0.2) is 12.8 Å². The molecule has 0 saturated heterocycles. The molecule has 19 heavy (non-hydrogen) atoms. The van der Waals surface area contributed by atoms with Crippen LogP contribution in [0.25, 0.3) is 0 Å². The predicted molar refractivity (Wildman–Crippen MR) is 52.7 cm³/mol. The molecular formula is C9H7F6NO2S. The summed E-state index contributed by atoms with van der Waals surface area (Å²) in [6, 6.07) is 4.62. The van der Waals surface area contributed by atoms with Crippen LogP contribution in [0.5, 0.6) is 0 Å². The molecule has 1 unspecified atom stereocenters. The standard InChI is InChI=1S/C9H7F6NO2S/c10-7(11,8(12,13)14)9(15,16)19(17,18)6-4-2-1-3-5-6/h1-5H,16H2. The number of rotatable bonds is 3. The molecular weight excluding hydrogens is 300 g/mol. The molecule has 0 radical (unpaired) electrons. The summed E-state index contributed by atoms with van der Waals surface area (Å²) in [5, 5.41) is -5.31. The molecule has 0 heterocycles. The molecule has 3 nitrogen and oxygen atoms in total. The van der Waals surface area contributed by atoms with E-state index in [9.17, 15) is 34.8 Å². The molecule has 0 aliphatic rings. The first-order chi connectivity index (χ1) is 8.36. The summed E-state index contributed by atoms with van der Waals surface area (Å²) in [7, 11) is -5.74. The van der Waals surface area contributed by atoms with Gasteiger partial charge in [-0.15, -0.1) is 0 Å². The van der Waals surface area contributed by atoms with Crippen molar-refractivity contribution in [1.29, 1.82) is 0 Å². The first-order valence-corrected chi connectivity index (χ1v) is 6.06. The second-order valence-corrected chi connectivity index (χ2v) is 5.61. The van der Waals surface area contributed by atoms with Crippen molar-refractivity contribution < 1.29 is 34.8 Å². The number of sulfone groups is 1. The van der Waals surface area contributed by atoms with Crippen LogP contribution in [0.15, 0.2) is 35.2 Å².